The van der Waals surface area contributed by atoms with Gasteiger partial charge in [0.15, 0.2) is 0 Å². The van der Waals surface area contributed by atoms with Crippen molar-refractivity contribution in [2.24, 2.45) is 5.73 Å². The van der Waals surface area contributed by atoms with Gasteiger partial charge in [0.1, 0.15) is 0 Å². The second-order valence-electron chi connectivity index (χ2n) is 1.95. The van der Waals surface area contributed by atoms with E-state index in [1.807, 2.05) is 24.3 Å². The van der Waals surface area contributed by atoms with Gasteiger partial charge in [-0.25, -0.2) is 0 Å². The van der Waals surface area contributed by atoms with E-state index < -0.39 is 0 Å². The molecule has 0 aliphatic carbocycles. The number of hydrogen-bond acceptors (Lipinski definition) is 2. The molecular weight excluding hydrogens is 242 g/mol. The Kier molecular flexibility index (Phi) is 7.72. The van der Waals surface area contributed by atoms with Gasteiger partial charge in [0.05, 0.1) is 0 Å². The van der Waals surface area contributed by atoms with Gasteiger partial charge in [0, 0.05) is 12.2 Å². The Morgan fingerprint density at radius 2 is 1.75 bits per heavy atom. The van der Waals surface area contributed by atoms with Crippen molar-refractivity contribution >= 4 is 26.1 Å². The van der Waals surface area contributed by atoms with Crippen LogP contribution in [0.15, 0.2) is 24.3 Å². The molecule has 0 amide bonds. The van der Waals surface area contributed by atoms with Gasteiger partial charge in [-0.05, 0) is 11.6 Å². The zero-order valence-corrected chi connectivity index (χ0v) is 8.74. The third kappa shape index (κ3) is 4.84. The van der Waals surface area contributed by atoms with Crippen molar-refractivity contribution in [3.63, 3.8) is 0 Å². The molecule has 0 saturated carbocycles. The predicted octanol–water partition coefficient (Wildman–Crippen LogP) is 2.10. The topological polar surface area (TPSA) is 52.0 Å². The van der Waals surface area contributed by atoms with Crippen LogP contribution in [0.25, 0.3) is 0 Å². The number of para-hydroxylation sites is 1. The summed E-state index contributed by atoms with van der Waals surface area (Å²) < 4.78 is 0. The molecule has 0 bridgehead atoms. The van der Waals surface area contributed by atoms with E-state index in [-0.39, 0.29) is 0 Å². The molecule has 0 aliphatic heterocycles. The summed E-state index contributed by atoms with van der Waals surface area (Å²) in [4.78, 5) is 0. The zero-order valence-electron chi connectivity index (χ0n) is 6.24. The Bertz CT molecular complexity index is 220. The zero-order chi connectivity index (χ0) is 9.40. The van der Waals surface area contributed by atoms with E-state index in [0.29, 0.717) is 19.2 Å². The summed E-state index contributed by atoms with van der Waals surface area (Å²) in [5, 5.41) is 0. The molecule has 1 aromatic carbocycles. The Hall–Kier alpha value is 0.0535. The van der Waals surface area contributed by atoms with Crippen LogP contribution in [0.2, 0.25) is 0 Å². The summed E-state index contributed by atoms with van der Waals surface area (Å²) in [6, 6.07) is 7.60. The maximum atomic E-state index is 5.55. The van der Waals surface area contributed by atoms with Crippen molar-refractivity contribution in [1.82, 2.24) is 0 Å². The molecule has 2 nitrogen and oxygen atoms in total. The van der Waals surface area contributed by atoms with Crippen molar-refractivity contribution < 1.29 is 12.7 Å². The second kappa shape index (κ2) is 7.69. The Morgan fingerprint density at radius 3 is 2.08 bits per heavy atom. The second-order valence-corrected chi connectivity index (χ2v) is 3.58. The molecule has 0 aromatic heterocycles. The van der Waals surface area contributed by atoms with Crippen LogP contribution in [0.3, 0.4) is 0 Å². The fourth-order valence-corrected chi connectivity index (χ4v) is 0.720. The molecule has 0 heterocycles. The van der Waals surface area contributed by atoms with E-state index in [2.05, 4.69) is 0 Å². The van der Waals surface area contributed by atoms with E-state index in [4.69, 9.17) is 31.9 Å². The molecule has 0 aliphatic rings. The van der Waals surface area contributed by atoms with Gasteiger partial charge in [-0.3, -0.25) is 0 Å². The van der Waals surface area contributed by atoms with Crippen molar-refractivity contribution in [3.05, 3.63) is 29.8 Å². The van der Waals surface area contributed by atoms with Gasteiger partial charge < -0.3 is 11.5 Å². The van der Waals surface area contributed by atoms with Gasteiger partial charge in [0.25, 0.3) is 0 Å². The van der Waals surface area contributed by atoms with Crippen LogP contribution in [-0.2, 0) is 19.2 Å². The standard InChI is InChI=1S/C7H10N2.2ClH.Ni/c8-5-6-3-1-2-4-7(6)9;;;/h1-4H,5,8-9H2;2*1H;/q;;;+2/p-2. The quantitative estimate of drug-likeness (QED) is 0.593. The molecule has 0 unspecified atom stereocenters. The molecule has 0 fully saturated rings. The van der Waals surface area contributed by atoms with E-state index in [0.717, 1.165) is 11.3 Å². The molecule has 0 radical (unpaired) electrons. The van der Waals surface area contributed by atoms with Crippen molar-refractivity contribution in [2.75, 3.05) is 5.73 Å². The maximum absolute atomic E-state index is 5.55. The van der Waals surface area contributed by atoms with Crippen LogP contribution >= 0.6 is 20.4 Å². The Morgan fingerprint density at radius 1 is 1.25 bits per heavy atom. The first-order chi connectivity index (χ1) is 5.76. The molecule has 0 saturated heterocycles. The number of nitrogens with two attached hydrogens (primary N) is 2. The first-order valence-corrected chi connectivity index (χ1v) is 5.83. The molecule has 0 atom stereocenters. The molecule has 0 spiro atoms. The van der Waals surface area contributed by atoms with Crippen LogP contribution in [0.1, 0.15) is 5.56 Å². The fraction of sp³-hybridized carbons (Fsp3) is 0.143. The first kappa shape index (κ1) is 12.1. The molecule has 12 heavy (non-hydrogen) atoms. The fourth-order valence-electron chi connectivity index (χ4n) is 0.720. The van der Waals surface area contributed by atoms with Crippen LogP contribution in [0.4, 0.5) is 5.69 Å². The monoisotopic (exact) mass is 250 g/mol. The van der Waals surface area contributed by atoms with E-state index in [9.17, 15) is 0 Å². The SMILES string of the molecule is NCc1ccccc1N.[Cl][Ni][Cl]. The van der Waals surface area contributed by atoms with Gasteiger partial charge in [0.2, 0.25) is 0 Å². The summed E-state index contributed by atoms with van der Waals surface area (Å²) in [7, 11) is 9.40. The van der Waals surface area contributed by atoms with E-state index in [1.54, 1.807) is 0 Å². The Labute approximate surface area is 86.6 Å². The average molecular weight is 252 g/mol. The molecule has 72 valence electrons. The van der Waals surface area contributed by atoms with Crippen molar-refractivity contribution in [2.45, 2.75) is 6.54 Å². The number of benzene rings is 1. The number of anilines is 1. The third-order valence-electron chi connectivity index (χ3n) is 1.28. The number of nitrogen functional groups attached to an aromatic ring is 1. The number of halogens is 2. The van der Waals surface area contributed by atoms with Crippen molar-refractivity contribution in [1.29, 1.82) is 0 Å². The minimum atomic E-state index is 0.521. The van der Waals surface area contributed by atoms with Crippen LogP contribution < -0.4 is 11.5 Å². The van der Waals surface area contributed by atoms with Crippen LogP contribution in [0, 0.1) is 0 Å². The third-order valence-corrected chi connectivity index (χ3v) is 1.28. The predicted molar refractivity (Wildman–Crippen MR) is 50.5 cm³/mol. The molecule has 4 N–H and O–H groups in total. The van der Waals surface area contributed by atoms with Crippen LogP contribution in [0.5, 0.6) is 0 Å². The number of rotatable bonds is 1. The Balaban J connectivity index is 0.000000354. The number of hydrogen-bond donors (Lipinski definition) is 2. The van der Waals surface area contributed by atoms with Crippen molar-refractivity contribution in [3.8, 4) is 0 Å². The summed E-state index contributed by atoms with van der Waals surface area (Å²) in [6.45, 7) is 0.521. The van der Waals surface area contributed by atoms with Crippen LogP contribution in [-0.4, -0.2) is 0 Å². The first-order valence-electron chi connectivity index (χ1n) is 3.12. The summed E-state index contributed by atoms with van der Waals surface area (Å²) >= 11 is 0.569. The normalized spacial score (nSPS) is 8.92. The molecule has 5 heteroatoms. The molecular formula is C7H10Cl2N2Ni. The van der Waals surface area contributed by atoms with Gasteiger partial charge in [-0.2, -0.15) is 0 Å². The van der Waals surface area contributed by atoms with E-state index >= 15 is 0 Å². The summed E-state index contributed by atoms with van der Waals surface area (Å²) in [5.41, 5.74) is 12.7. The van der Waals surface area contributed by atoms with Gasteiger partial charge in [-0.15, -0.1) is 0 Å². The summed E-state index contributed by atoms with van der Waals surface area (Å²) in [5.74, 6) is 0. The van der Waals surface area contributed by atoms with E-state index in [1.165, 1.54) is 0 Å². The summed E-state index contributed by atoms with van der Waals surface area (Å²) in [6.07, 6.45) is 0. The molecule has 1 aromatic rings. The minimum absolute atomic E-state index is 0.521. The van der Waals surface area contributed by atoms with Gasteiger partial charge >= 0.3 is 33.0 Å². The molecule has 1 rings (SSSR count). The van der Waals surface area contributed by atoms with Gasteiger partial charge in [-0.1, -0.05) is 18.2 Å². The average Bonchev–Trinajstić information content (AvgIpc) is 2.07.